The number of para-hydroxylation sites is 5. The van der Waals surface area contributed by atoms with Crippen molar-refractivity contribution in [1.29, 1.82) is 0 Å². The highest BCUT2D eigenvalue weighted by atomic mass is 15.4. The van der Waals surface area contributed by atoms with Gasteiger partial charge in [0.05, 0.1) is 27.8 Å². The van der Waals surface area contributed by atoms with Gasteiger partial charge < -0.3 is 9.47 Å². The van der Waals surface area contributed by atoms with Gasteiger partial charge in [-0.05, 0) is 87.4 Å². The first-order valence-corrected chi connectivity index (χ1v) is 24.5. The number of benzene rings is 12. The number of rotatable bonds is 8. The number of nitrogens with zero attached hydrogens (tertiary/aromatic N) is 3. The molecule has 0 unspecified atom stereocenters. The standard InChI is InChI=1S/C68H46N3/c1-5-21-52(22-6-1)69(53-23-7-2-8-24-53)63-32-18-17-29-57(63)50-35-33-47(34-36-50)51-38-41-60-61-42-37-49-20-14-16-31-59(49)68(61)70(64(60)45-51)54-40-44-65-62(46-54)67-58-30-15-13-19-48(58)39-43-66(67)71(65,55-25-9-3-10-26-55)56-27-11-4-12-28-56/h1-46H/q+1. The summed E-state index contributed by atoms with van der Waals surface area (Å²) in [7, 11) is 0. The van der Waals surface area contributed by atoms with Crippen molar-refractivity contribution in [2.24, 2.45) is 0 Å². The van der Waals surface area contributed by atoms with Crippen LogP contribution < -0.4 is 9.38 Å². The number of fused-ring (bicyclic) bond motifs is 10. The van der Waals surface area contributed by atoms with E-state index in [0.717, 1.165) is 28.3 Å². The third-order valence-corrected chi connectivity index (χ3v) is 14.8. The van der Waals surface area contributed by atoms with Gasteiger partial charge in [-0.25, -0.2) is 0 Å². The van der Waals surface area contributed by atoms with Crippen molar-refractivity contribution in [3.05, 3.63) is 279 Å². The number of quaternary nitrogens is 1. The van der Waals surface area contributed by atoms with Crippen molar-refractivity contribution in [3.8, 4) is 39.1 Å². The van der Waals surface area contributed by atoms with Gasteiger partial charge in [0.25, 0.3) is 0 Å². The topological polar surface area (TPSA) is 8.17 Å². The smallest absolute Gasteiger partial charge is 0.156 e. The Bertz CT molecular complexity index is 4060. The van der Waals surface area contributed by atoms with Crippen molar-refractivity contribution in [3.63, 3.8) is 0 Å². The largest absolute Gasteiger partial charge is 0.310 e. The third kappa shape index (κ3) is 6.34. The average molecular weight is 905 g/mol. The van der Waals surface area contributed by atoms with Crippen LogP contribution in [0.15, 0.2) is 279 Å². The Morgan fingerprint density at radius 3 is 1.54 bits per heavy atom. The average Bonchev–Trinajstić information content (AvgIpc) is 3.95. The Morgan fingerprint density at radius 2 is 0.845 bits per heavy atom. The molecule has 0 N–H and O–H groups in total. The van der Waals surface area contributed by atoms with Crippen LogP contribution in [0.3, 0.4) is 0 Å². The van der Waals surface area contributed by atoms with E-state index in [1.807, 2.05) is 0 Å². The van der Waals surface area contributed by atoms with E-state index in [2.05, 4.69) is 289 Å². The van der Waals surface area contributed by atoms with Crippen molar-refractivity contribution in [2.75, 3.05) is 4.90 Å². The Labute approximate surface area is 413 Å². The summed E-state index contributed by atoms with van der Waals surface area (Å²) in [6, 6.07) is 102. The van der Waals surface area contributed by atoms with Crippen molar-refractivity contribution >= 4 is 83.2 Å². The minimum Gasteiger partial charge on any atom is -0.310 e. The lowest BCUT2D eigenvalue weighted by Gasteiger charge is -2.34. The van der Waals surface area contributed by atoms with Crippen LogP contribution in [0.4, 0.5) is 39.8 Å². The quantitative estimate of drug-likeness (QED) is 0.138. The van der Waals surface area contributed by atoms with Gasteiger partial charge in [0.2, 0.25) is 0 Å². The first kappa shape index (κ1) is 40.8. The fraction of sp³-hybridized carbons (Fsp3) is 0. The number of hydrogen-bond acceptors (Lipinski definition) is 1. The van der Waals surface area contributed by atoms with Gasteiger partial charge in [0.1, 0.15) is 11.4 Å². The second-order valence-corrected chi connectivity index (χ2v) is 18.6. The lowest BCUT2D eigenvalue weighted by Crippen LogP contribution is -2.31. The predicted molar refractivity (Wildman–Crippen MR) is 300 cm³/mol. The van der Waals surface area contributed by atoms with Gasteiger partial charge in [-0.15, -0.1) is 0 Å². The second-order valence-electron chi connectivity index (χ2n) is 18.6. The van der Waals surface area contributed by atoms with Crippen LogP contribution in [-0.2, 0) is 0 Å². The highest BCUT2D eigenvalue weighted by Gasteiger charge is 2.49. The molecule has 0 atom stereocenters. The minimum absolute atomic E-state index is 0.495. The Kier molecular flexibility index (Phi) is 9.45. The van der Waals surface area contributed by atoms with Crippen LogP contribution >= 0.6 is 0 Å². The van der Waals surface area contributed by atoms with Gasteiger partial charge >= 0.3 is 0 Å². The van der Waals surface area contributed by atoms with Crippen LogP contribution in [-0.4, -0.2) is 4.57 Å². The lowest BCUT2D eigenvalue weighted by molar-refractivity contribution is 0.721. The van der Waals surface area contributed by atoms with Crippen LogP contribution in [0.25, 0.3) is 82.4 Å². The normalized spacial score (nSPS) is 12.6. The maximum Gasteiger partial charge on any atom is 0.156 e. The molecule has 14 rings (SSSR count). The third-order valence-electron chi connectivity index (χ3n) is 14.8. The predicted octanol–water partition coefficient (Wildman–Crippen LogP) is 19.2. The molecule has 0 saturated carbocycles. The fourth-order valence-corrected chi connectivity index (χ4v) is 11.7. The van der Waals surface area contributed by atoms with Gasteiger partial charge in [-0.3, -0.25) is 0 Å². The molecule has 1 aliphatic heterocycles. The summed E-state index contributed by atoms with van der Waals surface area (Å²) in [6.07, 6.45) is 0. The summed E-state index contributed by atoms with van der Waals surface area (Å²) >= 11 is 0. The van der Waals surface area contributed by atoms with E-state index in [1.54, 1.807) is 0 Å². The minimum atomic E-state index is 0.495. The first-order chi connectivity index (χ1) is 35.2. The molecule has 0 radical (unpaired) electrons. The number of anilines is 3. The van der Waals surface area contributed by atoms with E-state index in [9.17, 15) is 0 Å². The molecule has 332 valence electrons. The second kappa shape index (κ2) is 16.5. The molecule has 12 aromatic carbocycles. The molecule has 0 bridgehead atoms. The zero-order valence-electron chi connectivity index (χ0n) is 38.9. The molecule has 0 fully saturated rings. The molecule has 0 amide bonds. The van der Waals surface area contributed by atoms with Crippen LogP contribution in [0, 0.1) is 0 Å². The Morgan fingerprint density at radius 1 is 0.324 bits per heavy atom. The number of hydrogen-bond donors (Lipinski definition) is 0. The monoisotopic (exact) mass is 904 g/mol. The molecule has 1 aromatic heterocycles. The summed E-state index contributed by atoms with van der Waals surface area (Å²) in [5, 5.41) is 7.41. The number of aromatic nitrogens is 1. The molecular weight excluding hydrogens is 859 g/mol. The first-order valence-electron chi connectivity index (χ1n) is 24.5. The Hall–Kier alpha value is -9.28. The SMILES string of the molecule is c1ccc(N(c2ccccc2)c2ccccc2-c2ccc(-c3ccc4c5ccc6ccccc6c5n(-c5ccc6c(c5)-c5c(ccc7ccccc57)[N+]6(c5ccccc5)c5ccccc5)c4c3)cc2)cc1. The fourth-order valence-electron chi connectivity index (χ4n) is 11.7. The summed E-state index contributed by atoms with van der Waals surface area (Å²) in [5.41, 5.74) is 19.0. The van der Waals surface area contributed by atoms with Crippen LogP contribution in [0.2, 0.25) is 0 Å². The molecule has 0 spiro atoms. The lowest BCUT2D eigenvalue weighted by atomic mass is 9.97. The van der Waals surface area contributed by atoms with Gasteiger partial charge in [0.15, 0.2) is 11.4 Å². The molecule has 2 heterocycles. The summed E-state index contributed by atoms with van der Waals surface area (Å²) in [5.74, 6) is 0. The molecular formula is C68H46N3+. The van der Waals surface area contributed by atoms with Gasteiger partial charge in [-0.1, -0.05) is 188 Å². The van der Waals surface area contributed by atoms with E-state index in [-0.39, 0.29) is 0 Å². The zero-order valence-corrected chi connectivity index (χ0v) is 38.9. The van der Waals surface area contributed by atoms with Gasteiger partial charge in [-0.2, -0.15) is 4.48 Å². The maximum atomic E-state index is 2.53. The van der Waals surface area contributed by atoms with E-state index in [4.69, 9.17) is 0 Å². The molecule has 1 aliphatic rings. The van der Waals surface area contributed by atoms with E-state index < -0.39 is 0 Å². The van der Waals surface area contributed by atoms with Crippen LogP contribution in [0.5, 0.6) is 0 Å². The van der Waals surface area contributed by atoms with Crippen LogP contribution in [0.1, 0.15) is 0 Å². The summed E-state index contributed by atoms with van der Waals surface area (Å²) in [4.78, 5) is 2.35. The zero-order chi connectivity index (χ0) is 46.9. The van der Waals surface area contributed by atoms with E-state index in [1.165, 1.54) is 93.9 Å². The van der Waals surface area contributed by atoms with E-state index >= 15 is 0 Å². The molecule has 71 heavy (non-hydrogen) atoms. The van der Waals surface area contributed by atoms with E-state index in [0.29, 0.717) is 4.48 Å². The van der Waals surface area contributed by atoms with Crippen molar-refractivity contribution < 1.29 is 0 Å². The molecule has 0 aliphatic carbocycles. The molecule has 3 heteroatoms. The molecule has 0 saturated heterocycles. The molecule has 3 nitrogen and oxygen atoms in total. The maximum absolute atomic E-state index is 2.53. The van der Waals surface area contributed by atoms with Crippen molar-refractivity contribution in [1.82, 2.24) is 9.05 Å². The highest BCUT2D eigenvalue weighted by Crippen LogP contribution is 2.64. The molecule has 13 aromatic rings. The summed E-state index contributed by atoms with van der Waals surface area (Å²) in [6.45, 7) is 0. The highest BCUT2D eigenvalue weighted by molar-refractivity contribution is 6.20. The van der Waals surface area contributed by atoms with Gasteiger partial charge in [0, 0.05) is 75.2 Å². The summed E-state index contributed by atoms with van der Waals surface area (Å²) < 4.78 is 3.03. The van der Waals surface area contributed by atoms with Crippen molar-refractivity contribution in [2.45, 2.75) is 0 Å². The Balaban J connectivity index is 0.963.